The maximum atomic E-state index is 13.7. The number of para-hydroxylation sites is 1. The Morgan fingerprint density at radius 3 is 2.24 bits per heavy atom. The summed E-state index contributed by atoms with van der Waals surface area (Å²) < 4.78 is 7.98. The van der Waals surface area contributed by atoms with Crippen LogP contribution >= 0.6 is 11.3 Å². The van der Waals surface area contributed by atoms with Crippen LogP contribution in [-0.4, -0.2) is 16.6 Å². The van der Waals surface area contributed by atoms with Crippen LogP contribution in [0.1, 0.15) is 30.5 Å². The van der Waals surface area contributed by atoms with Gasteiger partial charge in [0.2, 0.25) is 0 Å². The molecular weight excluding hydrogens is 482 g/mol. The molecule has 0 atom stereocenters. The van der Waals surface area contributed by atoms with Crippen molar-refractivity contribution >= 4 is 34.6 Å². The number of aryl methyl sites for hydroxylation is 2. The molecule has 0 saturated carbocycles. The Balaban J connectivity index is 1.95. The topological polar surface area (TPSA) is 84.1 Å². The molecule has 0 aliphatic rings. The number of benzene rings is 3. The van der Waals surface area contributed by atoms with E-state index in [1.807, 2.05) is 82.3 Å². The number of aromatic nitrogens is 1. The fourth-order valence-electron chi connectivity index (χ4n) is 3.71. The van der Waals surface area contributed by atoms with Gasteiger partial charge in [-0.15, -0.1) is 11.3 Å². The summed E-state index contributed by atoms with van der Waals surface area (Å²) in [5, 5.41) is 12.8. The van der Waals surface area contributed by atoms with Crippen molar-refractivity contribution in [1.82, 2.24) is 4.57 Å². The maximum Gasteiger partial charge on any atom is 0.273 e. The minimum absolute atomic E-state index is 0.0401. The van der Waals surface area contributed by atoms with Gasteiger partial charge in [0.1, 0.15) is 16.5 Å². The Labute approximate surface area is 219 Å². The summed E-state index contributed by atoms with van der Waals surface area (Å²) in [5.74, 6) is 0.0684. The van der Waals surface area contributed by atoms with Crippen molar-refractivity contribution < 1.29 is 9.53 Å². The second-order valence-electron chi connectivity index (χ2n) is 8.90. The van der Waals surface area contributed by atoms with Crippen LogP contribution in [0, 0.1) is 25.2 Å². The summed E-state index contributed by atoms with van der Waals surface area (Å²) >= 11 is 1.10. The maximum absolute atomic E-state index is 13.7. The number of hydrogen-bond donors (Lipinski definition) is 1. The van der Waals surface area contributed by atoms with Crippen molar-refractivity contribution in [2.45, 2.75) is 33.8 Å². The molecule has 186 valence electrons. The highest BCUT2D eigenvalue weighted by Gasteiger charge is 2.17. The number of rotatable bonds is 6. The first kappa shape index (κ1) is 25.7. The molecule has 0 unspecified atom stereocenters. The molecule has 0 bridgehead atoms. The first-order chi connectivity index (χ1) is 17.8. The molecule has 0 radical (unpaired) electrons. The number of anilines is 1. The Kier molecular flexibility index (Phi) is 7.71. The number of nitriles is 1. The van der Waals surface area contributed by atoms with Crippen molar-refractivity contribution in [3.05, 3.63) is 109 Å². The molecule has 1 N–H and O–H groups in total. The number of nitrogens with one attached hydrogen (secondary N) is 1. The number of amides is 1. The van der Waals surface area contributed by atoms with Gasteiger partial charge in [0, 0.05) is 11.3 Å². The quantitative estimate of drug-likeness (QED) is 0.416. The largest absolute Gasteiger partial charge is 0.490 e. The van der Waals surface area contributed by atoms with Gasteiger partial charge >= 0.3 is 0 Å². The summed E-state index contributed by atoms with van der Waals surface area (Å²) in [6.07, 6.45) is 1.70. The number of hydrogen-bond acceptors (Lipinski definition) is 5. The molecule has 1 heterocycles. The lowest BCUT2D eigenvalue weighted by Crippen LogP contribution is -2.32. The van der Waals surface area contributed by atoms with Crippen LogP contribution in [0.3, 0.4) is 0 Å². The van der Waals surface area contributed by atoms with Gasteiger partial charge in [0.25, 0.3) is 11.5 Å². The van der Waals surface area contributed by atoms with Gasteiger partial charge in [-0.3, -0.25) is 14.2 Å². The molecule has 6 nitrogen and oxygen atoms in total. The van der Waals surface area contributed by atoms with Gasteiger partial charge in [-0.1, -0.05) is 53.6 Å². The van der Waals surface area contributed by atoms with Crippen LogP contribution < -0.4 is 24.8 Å². The van der Waals surface area contributed by atoms with Gasteiger partial charge in [0.15, 0.2) is 5.57 Å². The molecule has 4 rings (SSSR count). The Hall–Kier alpha value is -4.41. The van der Waals surface area contributed by atoms with E-state index in [1.54, 1.807) is 30.3 Å². The zero-order valence-electron chi connectivity index (χ0n) is 21.1. The first-order valence-corrected chi connectivity index (χ1v) is 12.7. The van der Waals surface area contributed by atoms with Gasteiger partial charge in [-0.05, 0) is 64.1 Å². The van der Waals surface area contributed by atoms with Gasteiger partial charge in [-0.2, -0.15) is 5.26 Å². The fourth-order valence-corrected chi connectivity index (χ4v) is 4.80. The van der Waals surface area contributed by atoms with Crippen molar-refractivity contribution in [2.75, 3.05) is 5.32 Å². The number of ether oxygens (including phenoxy) is 1. The van der Waals surface area contributed by atoms with Crippen LogP contribution in [-0.2, 0) is 4.79 Å². The zero-order chi connectivity index (χ0) is 26.5. The molecule has 37 heavy (non-hydrogen) atoms. The minimum Gasteiger partial charge on any atom is -0.490 e. The van der Waals surface area contributed by atoms with Crippen LogP contribution in [0.4, 0.5) is 5.69 Å². The molecule has 3 aromatic carbocycles. The van der Waals surface area contributed by atoms with Crippen LogP contribution in [0.25, 0.3) is 17.3 Å². The Bertz CT molecular complexity index is 1660. The summed E-state index contributed by atoms with van der Waals surface area (Å²) in [7, 11) is 0. The predicted octanol–water partition coefficient (Wildman–Crippen LogP) is 4.44. The van der Waals surface area contributed by atoms with E-state index in [0.29, 0.717) is 21.7 Å². The van der Waals surface area contributed by atoms with E-state index < -0.39 is 5.91 Å². The van der Waals surface area contributed by atoms with Crippen molar-refractivity contribution in [3.8, 4) is 17.5 Å². The third-order valence-electron chi connectivity index (χ3n) is 5.55. The van der Waals surface area contributed by atoms with Gasteiger partial charge in [0.05, 0.1) is 16.3 Å². The van der Waals surface area contributed by atoms with Gasteiger partial charge < -0.3 is 10.1 Å². The standard InChI is InChI=1S/C30H27N3O3S/c1-19(2)36-26-8-6-5-7-22(26)17-27-29(35)33(24-15-11-21(4)12-16-24)30(37-27)25(18-31)28(34)32-23-13-9-20(3)10-14-23/h5-17,19H,1-4H3,(H,32,34)/b27-17+,30-25-. The molecule has 0 aliphatic heterocycles. The predicted molar refractivity (Wildman–Crippen MR) is 149 cm³/mol. The summed E-state index contributed by atoms with van der Waals surface area (Å²) in [4.78, 5) is 26.9. The molecule has 0 fully saturated rings. The van der Waals surface area contributed by atoms with E-state index in [9.17, 15) is 14.9 Å². The third kappa shape index (κ3) is 5.88. The van der Waals surface area contributed by atoms with Crippen molar-refractivity contribution in [3.63, 3.8) is 0 Å². The second-order valence-corrected chi connectivity index (χ2v) is 9.93. The summed E-state index contributed by atoms with van der Waals surface area (Å²) in [6, 6.07) is 24.2. The molecule has 1 amide bonds. The number of nitrogens with zero attached hydrogens (tertiary/aromatic N) is 2. The zero-order valence-corrected chi connectivity index (χ0v) is 21.9. The van der Waals surface area contributed by atoms with E-state index in [4.69, 9.17) is 4.74 Å². The smallest absolute Gasteiger partial charge is 0.273 e. The third-order valence-corrected chi connectivity index (χ3v) is 6.64. The van der Waals surface area contributed by atoms with E-state index in [0.717, 1.165) is 28.0 Å². The van der Waals surface area contributed by atoms with Crippen LogP contribution in [0.15, 0.2) is 77.6 Å². The molecule has 0 aliphatic carbocycles. The molecule has 0 saturated heterocycles. The number of carbonyl (C=O) groups excluding carboxylic acids is 1. The molecular formula is C30H27N3O3S. The Morgan fingerprint density at radius 2 is 1.62 bits per heavy atom. The number of thiazole rings is 1. The molecule has 7 heteroatoms. The second kappa shape index (κ2) is 11.1. The van der Waals surface area contributed by atoms with Crippen LogP contribution in [0.5, 0.6) is 5.75 Å². The van der Waals surface area contributed by atoms with Crippen LogP contribution in [0.2, 0.25) is 0 Å². The highest BCUT2D eigenvalue weighted by atomic mass is 32.1. The van der Waals surface area contributed by atoms with Crippen molar-refractivity contribution in [2.24, 2.45) is 0 Å². The average Bonchev–Trinajstić information content (AvgIpc) is 3.18. The SMILES string of the molecule is Cc1ccc(NC(=O)/C(C#N)=c2\s/c(=C/c3ccccc3OC(C)C)c(=O)n2-c2ccc(C)cc2)cc1. The van der Waals surface area contributed by atoms with E-state index >= 15 is 0 Å². The number of carbonyl (C=O) groups is 1. The van der Waals surface area contributed by atoms with E-state index in [2.05, 4.69) is 5.32 Å². The monoisotopic (exact) mass is 509 g/mol. The van der Waals surface area contributed by atoms with E-state index in [-0.39, 0.29) is 21.9 Å². The fraction of sp³-hybridized carbons (Fsp3) is 0.167. The summed E-state index contributed by atoms with van der Waals surface area (Å²) in [5.41, 5.74) is 3.49. The highest BCUT2D eigenvalue weighted by molar-refractivity contribution is 7.07. The lowest BCUT2D eigenvalue weighted by Gasteiger charge is -2.11. The molecule has 4 aromatic rings. The summed E-state index contributed by atoms with van der Waals surface area (Å²) in [6.45, 7) is 7.77. The van der Waals surface area contributed by atoms with Crippen molar-refractivity contribution in [1.29, 1.82) is 5.26 Å². The average molecular weight is 510 g/mol. The molecule has 0 spiro atoms. The molecule has 1 aromatic heterocycles. The first-order valence-electron chi connectivity index (χ1n) is 11.9. The normalized spacial score (nSPS) is 12.3. The van der Waals surface area contributed by atoms with E-state index in [1.165, 1.54) is 4.57 Å². The highest BCUT2D eigenvalue weighted by Crippen LogP contribution is 2.20. The minimum atomic E-state index is -0.580. The Morgan fingerprint density at radius 1 is 1.00 bits per heavy atom. The lowest BCUT2D eigenvalue weighted by atomic mass is 10.2. The lowest BCUT2D eigenvalue weighted by molar-refractivity contribution is -0.111. The van der Waals surface area contributed by atoms with Gasteiger partial charge in [-0.25, -0.2) is 0 Å².